The number of ether oxygens (including phenoxy) is 3. The smallest absolute Gasteiger partial charge is 0.260 e. The van der Waals surface area contributed by atoms with Crippen LogP contribution in [0.4, 0.5) is 5.13 Å². The molecular formula is C21H24N3O4S+. The molecule has 0 spiro atoms. The van der Waals surface area contributed by atoms with Crippen molar-refractivity contribution in [1.29, 1.82) is 0 Å². The van der Waals surface area contributed by atoms with Crippen LogP contribution >= 0.6 is 11.3 Å². The molecule has 0 radical (unpaired) electrons. The van der Waals surface area contributed by atoms with Gasteiger partial charge in [-0.2, -0.15) is 0 Å². The zero-order valence-corrected chi connectivity index (χ0v) is 17.5. The fourth-order valence-electron chi connectivity index (χ4n) is 3.08. The molecule has 7 nitrogen and oxygen atoms in total. The number of carbonyl (C=O) groups excluding carboxylic acids is 1. The molecule has 1 aliphatic rings. The molecule has 0 unspecified atom stereocenters. The number of amides is 1. The van der Waals surface area contributed by atoms with Crippen LogP contribution in [0.25, 0.3) is 10.2 Å². The molecule has 1 N–H and O–H groups in total. The largest absolute Gasteiger partial charge is 0.497 e. The molecule has 0 aliphatic carbocycles. The Balaban J connectivity index is 1.69. The number of aromatic nitrogens is 1. The van der Waals surface area contributed by atoms with Gasteiger partial charge in [0, 0.05) is 17.7 Å². The van der Waals surface area contributed by atoms with E-state index in [9.17, 15) is 4.79 Å². The van der Waals surface area contributed by atoms with Crippen LogP contribution in [0.2, 0.25) is 0 Å². The van der Waals surface area contributed by atoms with Gasteiger partial charge in [0.1, 0.15) is 19.0 Å². The number of thiazole rings is 1. The molecule has 1 amide bonds. The number of methoxy groups -OCH3 is 1. The van der Waals surface area contributed by atoms with Crippen molar-refractivity contribution in [2.24, 2.45) is 0 Å². The van der Waals surface area contributed by atoms with Gasteiger partial charge in [-0.15, -0.1) is 0 Å². The van der Waals surface area contributed by atoms with Crippen molar-refractivity contribution in [3.8, 4) is 17.2 Å². The van der Waals surface area contributed by atoms with E-state index in [0.717, 1.165) is 28.3 Å². The first kappa shape index (κ1) is 19.5. The molecular weight excluding hydrogens is 390 g/mol. The average Bonchev–Trinajstić information content (AvgIpc) is 3.14. The number of anilines is 1. The SMILES string of the molecule is COc1ccc(C(=O)N(CC[NH+](C)C)c2nc3cc4c(cc3s2)OCCO4)cc1. The van der Waals surface area contributed by atoms with Gasteiger partial charge in [-0.1, -0.05) is 11.3 Å². The predicted octanol–water partition coefficient (Wildman–Crippen LogP) is 1.87. The third kappa shape index (κ3) is 4.13. The Labute approximate surface area is 173 Å². The Morgan fingerprint density at radius 3 is 2.52 bits per heavy atom. The topological polar surface area (TPSA) is 65.3 Å². The van der Waals surface area contributed by atoms with Gasteiger partial charge in [0.15, 0.2) is 16.6 Å². The van der Waals surface area contributed by atoms with E-state index in [1.165, 1.54) is 16.2 Å². The summed E-state index contributed by atoms with van der Waals surface area (Å²) >= 11 is 1.48. The molecule has 2 heterocycles. The first-order valence-corrected chi connectivity index (χ1v) is 10.3. The minimum atomic E-state index is -0.0785. The summed E-state index contributed by atoms with van der Waals surface area (Å²) in [5, 5.41) is 0.671. The van der Waals surface area contributed by atoms with Crippen molar-refractivity contribution in [2.75, 3.05) is 52.4 Å². The van der Waals surface area contributed by atoms with Gasteiger partial charge in [0.25, 0.3) is 5.91 Å². The van der Waals surface area contributed by atoms with Gasteiger partial charge in [-0.25, -0.2) is 4.98 Å². The second kappa shape index (κ2) is 8.26. The Kier molecular flexibility index (Phi) is 5.55. The number of hydrogen-bond acceptors (Lipinski definition) is 6. The highest BCUT2D eigenvalue weighted by molar-refractivity contribution is 7.22. The van der Waals surface area contributed by atoms with E-state index >= 15 is 0 Å². The van der Waals surface area contributed by atoms with Crippen molar-refractivity contribution >= 4 is 32.6 Å². The average molecular weight is 415 g/mol. The summed E-state index contributed by atoms with van der Waals surface area (Å²) < 4.78 is 17.5. The summed E-state index contributed by atoms with van der Waals surface area (Å²) in [4.78, 5) is 21.0. The standard InChI is InChI=1S/C21H23N3O4S/c1-23(2)8-9-24(20(25)14-4-6-15(26-3)7-5-14)21-22-16-12-17-18(13-19(16)29-21)28-11-10-27-17/h4-7,12-13H,8-11H2,1-3H3/p+1. The molecule has 0 fully saturated rings. The Hall–Kier alpha value is -2.84. The van der Waals surface area contributed by atoms with Gasteiger partial charge in [-0.3, -0.25) is 9.69 Å². The first-order chi connectivity index (χ1) is 14.0. The second-order valence-electron chi connectivity index (χ2n) is 7.10. The number of likely N-dealkylation sites (N-methyl/N-ethyl adjacent to an activating group) is 1. The van der Waals surface area contributed by atoms with Crippen LogP contribution in [0, 0.1) is 0 Å². The number of fused-ring (bicyclic) bond motifs is 2. The second-order valence-corrected chi connectivity index (χ2v) is 8.11. The van der Waals surface area contributed by atoms with E-state index < -0.39 is 0 Å². The van der Waals surface area contributed by atoms with Crippen LogP contribution in [0.1, 0.15) is 10.4 Å². The highest BCUT2D eigenvalue weighted by atomic mass is 32.1. The van der Waals surface area contributed by atoms with E-state index in [1.54, 1.807) is 36.3 Å². The quantitative estimate of drug-likeness (QED) is 0.667. The van der Waals surface area contributed by atoms with Crippen molar-refractivity contribution in [2.45, 2.75) is 0 Å². The number of nitrogens with one attached hydrogen (secondary N) is 1. The summed E-state index contributed by atoms with van der Waals surface area (Å²) in [6, 6.07) is 11.0. The lowest BCUT2D eigenvalue weighted by Crippen LogP contribution is -3.06. The Bertz CT molecular complexity index is 974. The van der Waals surface area contributed by atoms with Crippen molar-refractivity contribution < 1.29 is 23.9 Å². The van der Waals surface area contributed by atoms with Gasteiger partial charge in [-0.05, 0) is 24.3 Å². The number of nitrogens with zero attached hydrogens (tertiary/aromatic N) is 2. The molecule has 0 saturated heterocycles. The minimum Gasteiger partial charge on any atom is -0.497 e. The number of quaternary nitrogens is 1. The number of carbonyl (C=O) groups is 1. The summed E-state index contributed by atoms with van der Waals surface area (Å²) in [6.07, 6.45) is 0. The van der Waals surface area contributed by atoms with Crippen LogP contribution in [0.3, 0.4) is 0 Å². The van der Waals surface area contributed by atoms with Crippen LogP contribution in [-0.2, 0) is 0 Å². The van der Waals surface area contributed by atoms with Crippen LogP contribution in [0.5, 0.6) is 17.2 Å². The molecule has 4 rings (SSSR count). The molecule has 152 valence electrons. The molecule has 1 aromatic heterocycles. The van der Waals surface area contributed by atoms with E-state index in [4.69, 9.17) is 19.2 Å². The molecule has 0 atom stereocenters. The number of rotatable bonds is 6. The Morgan fingerprint density at radius 1 is 1.17 bits per heavy atom. The minimum absolute atomic E-state index is 0.0785. The van der Waals surface area contributed by atoms with E-state index in [-0.39, 0.29) is 5.91 Å². The van der Waals surface area contributed by atoms with Crippen LogP contribution < -0.4 is 24.0 Å². The summed E-state index contributed by atoms with van der Waals surface area (Å²) in [6.45, 7) is 2.45. The lowest BCUT2D eigenvalue weighted by atomic mass is 10.2. The third-order valence-electron chi connectivity index (χ3n) is 4.69. The third-order valence-corrected chi connectivity index (χ3v) is 5.73. The first-order valence-electron chi connectivity index (χ1n) is 9.50. The van der Waals surface area contributed by atoms with E-state index in [2.05, 4.69) is 14.1 Å². The lowest BCUT2D eigenvalue weighted by molar-refractivity contribution is -0.856. The molecule has 0 saturated carbocycles. The molecule has 1 aliphatic heterocycles. The summed E-state index contributed by atoms with van der Waals surface area (Å²) in [5.41, 5.74) is 1.41. The number of benzene rings is 2. The molecule has 2 aromatic carbocycles. The summed E-state index contributed by atoms with van der Waals surface area (Å²) in [7, 11) is 5.74. The fourth-order valence-corrected chi connectivity index (χ4v) is 4.08. The summed E-state index contributed by atoms with van der Waals surface area (Å²) in [5.74, 6) is 2.07. The lowest BCUT2D eigenvalue weighted by Gasteiger charge is -2.20. The normalized spacial score (nSPS) is 13.0. The van der Waals surface area contributed by atoms with Crippen molar-refractivity contribution in [1.82, 2.24) is 4.98 Å². The zero-order valence-electron chi connectivity index (χ0n) is 16.7. The van der Waals surface area contributed by atoms with Gasteiger partial charge < -0.3 is 19.1 Å². The Morgan fingerprint density at radius 2 is 1.86 bits per heavy atom. The highest BCUT2D eigenvalue weighted by Crippen LogP contribution is 2.39. The van der Waals surface area contributed by atoms with Crippen molar-refractivity contribution in [3.05, 3.63) is 42.0 Å². The molecule has 3 aromatic rings. The molecule has 29 heavy (non-hydrogen) atoms. The van der Waals surface area contributed by atoms with Gasteiger partial charge in [0.05, 0.1) is 44.5 Å². The van der Waals surface area contributed by atoms with E-state index in [1.807, 2.05) is 12.1 Å². The van der Waals surface area contributed by atoms with Crippen LogP contribution in [-0.4, -0.2) is 58.4 Å². The van der Waals surface area contributed by atoms with Crippen molar-refractivity contribution in [3.63, 3.8) is 0 Å². The zero-order chi connectivity index (χ0) is 20.4. The molecule has 8 heteroatoms. The van der Waals surface area contributed by atoms with Crippen LogP contribution in [0.15, 0.2) is 36.4 Å². The number of hydrogen-bond donors (Lipinski definition) is 1. The fraction of sp³-hybridized carbons (Fsp3) is 0.333. The van der Waals surface area contributed by atoms with Gasteiger partial charge in [0.2, 0.25) is 0 Å². The maximum atomic E-state index is 13.3. The highest BCUT2D eigenvalue weighted by Gasteiger charge is 2.23. The maximum Gasteiger partial charge on any atom is 0.260 e. The predicted molar refractivity (Wildman–Crippen MR) is 113 cm³/mol. The maximum absolute atomic E-state index is 13.3. The molecule has 0 bridgehead atoms. The van der Waals surface area contributed by atoms with Gasteiger partial charge >= 0.3 is 0 Å². The van der Waals surface area contributed by atoms with E-state index in [0.29, 0.717) is 36.2 Å². The monoisotopic (exact) mass is 414 g/mol.